The Morgan fingerprint density at radius 1 is 1.20 bits per heavy atom. The summed E-state index contributed by atoms with van der Waals surface area (Å²) in [5, 5.41) is 9.23. The molecular formula is C19H26N2O4. The van der Waals surface area contributed by atoms with E-state index >= 15 is 0 Å². The SMILES string of the molecule is COC(=O)[C@H]1Cc2ccccc2CN1C(=O)CN1CCC(CO)CC1. The van der Waals surface area contributed by atoms with Crippen LogP contribution in [0.3, 0.4) is 0 Å². The average Bonchev–Trinajstić information content (AvgIpc) is 2.66. The second-order valence-electron chi connectivity index (χ2n) is 6.94. The van der Waals surface area contributed by atoms with Gasteiger partial charge in [0, 0.05) is 19.6 Å². The first kappa shape index (κ1) is 17.9. The summed E-state index contributed by atoms with van der Waals surface area (Å²) < 4.78 is 4.93. The van der Waals surface area contributed by atoms with E-state index in [1.165, 1.54) is 7.11 Å². The van der Waals surface area contributed by atoms with Crippen molar-refractivity contribution in [2.45, 2.75) is 31.8 Å². The van der Waals surface area contributed by atoms with Crippen LogP contribution in [-0.4, -0.2) is 66.2 Å². The Labute approximate surface area is 148 Å². The quantitative estimate of drug-likeness (QED) is 0.818. The van der Waals surface area contributed by atoms with Crippen LogP contribution in [0.2, 0.25) is 0 Å². The number of piperidine rings is 1. The molecule has 2 heterocycles. The Bertz CT molecular complexity index is 626. The lowest BCUT2D eigenvalue weighted by Crippen LogP contribution is -2.52. The molecule has 1 saturated heterocycles. The molecule has 25 heavy (non-hydrogen) atoms. The summed E-state index contributed by atoms with van der Waals surface area (Å²) in [4.78, 5) is 28.9. The highest BCUT2D eigenvalue weighted by atomic mass is 16.5. The third-order valence-electron chi connectivity index (χ3n) is 5.37. The lowest BCUT2D eigenvalue weighted by molar-refractivity contribution is -0.154. The van der Waals surface area contributed by atoms with Crippen LogP contribution < -0.4 is 0 Å². The first-order valence-electron chi connectivity index (χ1n) is 8.89. The maximum Gasteiger partial charge on any atom is 0.328 e. The fraction of sp³-hybridized carbons (Fsp3) is 0.579. The van der Waals surface area contributed by atoms with Gasteiger partial charge < -0.3 is 14.7 Å². The molecule has 1 aromatic carbocycles. The summed E-state index contributed by atoms with van der Waals surface area (Å²) in [5.74, 6) is -0.0507. The van der Waals surface area contributed by atoms with E-state index in [1.807, 2.05) is 24.3 Å². The zero-order chi connectivity index (χ0) is 17.8. The van der Waals surface area contributed by atoms with Crippen LogP contribution >= 0.6 is 0 Å². The number of benzene rings is 1. The molecule has 1 fully saturated rings. The van der Waals surface area contributed by atoms with Gasteiger partial charge in [0.05, 0.1) is 13.7 Å². The lowest BCUT2D eigenvalue weighted by atomic mass is 9.93. The molecule has 1 aromatic rings. The third kappa shape index (κ3) is 4.02. The maximum absolute atomic E-state index is 12.9. The predicted octanol–water partition coefficient (Wildman–Crippen LogP) is 0.817. The number of aliphatic hydroxyl groups excluding tert-OH is 1. The van der Waals surface area contributed by atoms with E-state index in [1.54, 1.807) is 4.90 Å². The maximum atomic E-state index is 12.9. The Morgan fingerprint density at radius 3 is 2.52 bits per heavy atom. The highest BCUT2D eigenvalue weighted by Crippen LogP contribution is 2.25. The Morgan fingerprint density at radius 2 is 1.88 bits per heavy atom. The third-order valence-corrected chi connectivity index (χ3v) is 5.37. The summed E-state index contributed by atoms with van der Waals surface area (Å²) in [7, 11) is 1.37. The topological polar surface area (TPSA) is 70.1 Å². The molecule has 2 aliphatic rings. The molecule has 0 unspecified atom stereocenters. The number of esters is 1. The zero-order valence-corrected chi connectivity index (χ0v) is 14.7. The van der Waals surface area contributed by atoms with E-state index in [9.17, 15) is 14.7 Å². The van der Waals surface area contributed by atoms with E-state index in [-0.39, 0.29) is 18.5 Å². The van der Waals surface area contributed by atoms with E-state index in [0.717, 1.165) is 37.1 Å². The number of hydrogen-bond acceptors (Lipinski definition) is 5. The summed E-state index contributed by atoms with van der Waals surface area (Å²) >= 11 is 0. The number of methoxy groups -OCH3 is 1. The number of hydrogen-bond donors (Lipinski definition) is 1. The van der Waals surface area contributed by atoms with Gasteiger partial charge >= 0.3 is 5.97 Å². The molecule has 1 atom stereocenters. The molecule has 1 amide bonds. The molecule has 136 valence electrons. The fourth-order valence-corrected chi connectivity index (χ4v) is 3.74. The van der Waals surface area contributed by atoms with Crippen LogP contribution in [0.15, 0.2) is 24.3 Å². The number of ether oxygens (including phenoxy) is 1. The van der Waals surface area contributed by atoms with Gasteiger partial charge in [-0.1, -0.05) is 24.3 Å². The highest BCUT2D eigenvalue weighted by Gasteiger charge is 2.36. The van der Waals surface area contributed by atoms with Crippen molar-refractivity contribution < 1.29 is 19.4 Å². The number of likely N-dealkylation sites (tertiary alicyclic amines) is 1. The molecule has 3 rings (SSSR count). The van der Waals surface area contributed by atoms with Gasteiger partial charge in [-0.2, -0.15) is 0 Å². The van der Waals surface area contributed by atoms with Crippen LogP contribution in [0.5, 0.6) is 0 Å². The second-order valence-corrected chi connectivity index (χ2v) is 6.94. The minimum Gasteiger partial charge on any atom is -0.467 e. The Kier molecular flexibility index (Phi) is 5.71. The van der Waals surface area contributed by atoms with Crippen molar-refractivity contribution in [2.75, 3.05) is 33.4 Å². The highest BCUT2D eigenvalue weighted by molar-refractivity contribution is 5.86. The summed E-state index contributed by atoms with van der Waals surface area (Å²) in [6, 6.07) is 7.38. The number of amides is 1. The standard InChI is InChI=1S/C19H26N2O4/c1-25-19(24)17-10-15-4-2-3-5-16(15)11-21(17)18(23)12-20-8-6-14(13-22)7-9-20/h2-5,14,17,22H,6-13H2,1H3/t17-/m1/s1. The Hall–Kier alpha value is -1.92. The van der Waals surface area contributed by atoms with Crippen molar-refractivity contribution in [1.29, 1.82) is 0 Å². The predicted molar refractivity (Wildman–Crippen MR) is 92.7 cm³/mol. The van der Waals surface area contributed by atoms with Gasteiger partial charge in [-0.05, 0) is 43.0 Å². The number of nitrogens with zero attached hydrogens (tertiary/aromatic N) is 2. The van der Waals surface area contributed by atoms with Gasteiger partial charge in [0.1, 0.15) is 6.04 Å². The van der Waals surface area contributed by atoms with Gasteiger partial charge in [0.2, 0.25) is 5.91 Å². The number of rotatable bonds is 4. The van der Waals surface area contributed by atoms with Crippen LogP contribution in [0.4, 0.5) is 0 Å². The molecule has 0 bridgehead atoms. The van der Waals surface area contributed by atoms with Crippen molar-refractivity contribution in [3.8, 4) is 0 Å². The molecule has 6 heteroatoms. The number of fused-ring (bicyclic) bond motifs is 1. The lowest BCUT2D eigenvalue weighted by Gasteiger charge is -2.37. The minimum atomic E-state index is -0.553. The molecule has 6 nitrogen and oxygen atoms in total. The summed E-state index contributed by atoms with van der Waals surface area (Å²) in [5.41, 5.74) is 2.20. The molecule has 1 N–H and O–H groups in total. The van der Waals surface area contributed by atoms with E-state index in [2.05, 4.69) is 4.90 Å². The zero-order valence-electron chi connectivity index (χ0n) is 14.7. The van der Waals surface area contributed by atoms with Crippen LogP contribution in [0, 0.1) is 5.92 Å². The summed E-state index contributed by atoms with van der Waals surface area (Å²) in [6.45, 7) is 2.60. The van der Waals surface area contributed by atoms with E-state index < -0.39 is 6.04 Å². The molecule has 0 radical (unpaired) electrons. The van der Waals surface area contributed by atoms with Crippen LogP contribution in [-0.2, 0) is 27.3 Å². The van der Waals surface area contributed by atoms with Crippen molar-refractivity contribution in [3.05, 3.63) is 35.4 Å². The van der Waals surface area contributed by atoms with Crippen LogP contribution in [0.25, 0.3) is 0 Å². The molecule has 0 aromatic heterocycles. The minimum absolute atomic E-state index is 0.0349. The first-order valence-corrected chi connectivity index (χ1v) is 8.89. The number of carbonyl (C=O) groups excluding carboxylic acids is 2. The van der Waals surface area contributed by atoms with Gasteiger partial charge in [0.25, 0.3) is 0 Å². The van der Waals surface area contributed by atoms with Gasteiger partial charge in [-0.25, -0.2) is 4.79 Å². The Balaban J connectivity index is 1.70. The fourth-order valence-electron chi connectivity index (χ4n) is 3.74. The smallest absolute Gasteiger partial charge is 0.328 e. The van der Waals surface area contributed by atoms with Crippen LogP contribution in [0.1, 0.15) is 24.0 Å². The molecule has 0 aliphatic carbocycles. The molecule has 2 aliphatic heterocycles. The van der Waals surface area contributed by atoms with Gasteiger partial charge in [-0.3, -0.25) is 9.69 Å². The van der Waals surface area contributed by atoms with E-state index in [0.29, 0.717) is 25.4 Å². The van der Waals surface area contributed by atoms with Gasteiger partial charge in [0.15, 0.2) is 0 Å². The van der Waals surface area contributed by atoms with Crippen molar-refractivity contribution in [3.63, 3.8) is 0 Å². The monoisotopic (exact) mass is 346 g/mol. The normalized spacial score (nSPS) is 21.7. The number of carbonyl (C=O) groups is 2. The average molecular weight is 346 g/mol. The van der Waals surface area contributed by atoms with Crippen molar-refractivity contribution in [1.82, 2.24) is 9.80 Å². The number of aliphatic hydroxyl groups is 1. The first-order chi connectivity index (χ1) is 12.1. The molecule has 0 saturated carbocycles. The van der Waals surface area contributed by atoms with E-state index in [4.69, 9.17) is 4.74 Å². The van der Waals surface area contributed by atoms with Crippen molar-refractivity contribution >= 4 is 11.9 Å². The summed E-state index contributed by atoms with van der Waals surface area (Å²) in [6.07, 6.45) is 2.32. The second kappa shape index (κ2) is 7.97. The van der Waals surface area contributed by atoms with Crippen molar-refractivity contribution in [2.24, 2.45) is 5.92 Å². The van der Waals surface area contributed by atoms with Gasteiger partial charge in [-0.15, -0.1) is 0 Å². The molecule has 0 spiro atoms. The molecular weight excluding hydrogens is 320 g/mol. The largest absolute Gasteiger partial charge is 0.467 e.